The van der Waals surface area contributed by atoms with E-state index >= 15 is 0 Å². The van der Waals surface area contributed by atoms with Crippen molar-refractivity contribution in [3.05, 3.63) is 76.5 Å². The van der Waals surface area contributed by atoms with Gasteiger partial charge in [-0.25, -0.2) is 0 Å². The number of hydrogen-bond acceptors (Lipinski definition) is 5. The maximum absolute atomic E-state index is 6.01. The lowest BCUT2D eigenvalue weighted by atomic mass is 10.2. The maximum atomic E-state index is 6.01. The molecule has 7 heteroatoms. The minimum Gasteiger partial charge on any atom is -0.490 e. The normalized spacial score (nSPS) is 10.7. The minimum absolute atomic E-state index is 0.308. The SMILES string of the molecule is C=CCn1c(COc2ccc(C)cc2OCC)nnc1SCc1ccc(Br)cc1. The number of benzene rings is 2. The molecular formula is C22H24BrN3O2S. The van der Waals surface area contributed by atoms with Crippen LogP contribution < -0.4 is 9.47 Å². The van der Waals surface area contributed by atoms with Gasteiger partial charge in [-0.15, -0.1) is 16.8 Å². The van der Waals surface area contributed by atoms with Gasteiger partial charge in [-0.05, 0) is 49.2 Å². The zero-order valence-electron chi connectivity index (χ0n) is 16.6. The number of nitrogens with zero attached hydrogens (tertiary/aromatic N) is 3. The zero-order chi connectivity index (χ0) is 20.6. The summed E-state index contributed by atoms with van der Waals surface area (Å²) in [6, 6.07) is 14.2. The lowest BCUT2D eigenvalue weighted by Crippen LogP contribution is -2.08. The van der Waals surface area contributed by atoms with Crippen LogP contribution in [0.5, 0.6) is 11.5 Å². The molecule has 29 heavy (non-hydrogen) atoms. The van der Waals surface area contributed by atoms with Crippen LogP contribution in [0.4, 0.5) is 0 Å². The number of hydrogen-bond donors (Lipinski definition) is 0. The van der Waals surface area contributed by atoms with Gasteiger partial charge < -0.3 is 9.47 Å². The van der Waals surface area contributed by atoms with Gasteiger partial charge in [0.2, 0.25) is 0 Å². The Morgan fingerprint density at radius 1 is 1.10 bits per heavy atom. The van der Waals surface area contributed by atoms with E-state index in [1.165, 1.54) is 5.56 Å². The Labute approximate surface area is 184 Å². The van der Waals surface area contributed by atoms with E-state index in [0.29, 0.717) is 25.5 Å². The molecule has 0 aliphatic carbocycles. The second-order valence-electron chi connectivity index (χ2n) is 6.39. The summed E-state index contributed by atoms with van der Waals surface area (Å²) in [5.74, 6) is 3.02. The summed E-state index contributed by atoms with van der Waals surface area (Å²) in [6.45, 7) is 9.37. The second kappa shape index (κ2) is 10.5. The molecule has 1 heterocycles. The van der Waals surface area contributed by atoms with Crippen LogP contribution in [0.1, 0.15) is 23.9 Å². The van der Waals surface area contributed by atoms with Gasteiger partial charge in [0.05, 0.1) is 6.61 Å². The number of thioether (sulfide) groups is 1. The number of halogens is 1. The van der Waals surface area contributed by atoms with Crippen LogP contribution in [0, 0.1) is 6.92 Å². The molecule has 0 aliphatic heterocycles. The van der Waals surface area contributed by atoms with E-state index in [1.807, 2.05) is 54.8 Å². The van der Waals surface area contributed by atoms with Gasteiger partial charge in [0, 0.05) is 16.8 Å². The number of ether oxygens (including phenoxy) is 2. The number of aromatic nitrogens is 3. The summed E-state index contributed by atoms with van der Waals surface area (Å²) in [7, 11) is 0. The average molecular weight is 474 g/mol. The summed E-state index contributed by atoms with van der Waals surface area (Å²) in [6.07, 6.45) is 1.84. The smallest absolute Gasteiger partial charge is 0.191 e. The molecule has 3 rings (SSSR count). The summed E-state index contributed by atoms with van der Waals surface area (Å²) in [4.78, 5) is 0. The third kappa shape index (κ3) is 5.87. The molecule has 152 valence electrons. The Hall–Kier alpha value is -2.25. The molecule has 0 saturated carbocycles. The van der Waals surface area contributed by atoms with Crippen molar-refractivity contribution < 1.29 is 9.47 Å². The molecule has 0 amide bonds. The summed E-state index contributed by atoms with van der Waals surface area (Å²) in [5.41, 5.74) is 2.35. The van der Waals surface area contributed by atoms with E-state index in [9.17, 15) is 0 Å². The number of rotatable bonds is 10. The molecule has 1 aromatic heterocycles. The fourth-order valence-electron chi connectivity index (χ4n) is 2.72. The molecule has 0 saturated heterocycles. The molecule has 0 spiro atoms. The lowest BCUT2D eigenvalue weighted by Gasteiger charge is -2.13. The highest BCUT2D eigenvalue weighted by Gasteiger charge is 2.14. The van der Waals surface area contributed by atoms with Gasteiger partial charge in [0.25, 0.3) is 0 Å². The lowest BCUT2D eigenvalue weighted by molar-refractivity contribution is 0.259. The van der Waals surface area contributed by atoms with Gasteiger partial charge in [-0.2, -0.15) is 0 Å². The monoisotopic (exact) mass is 473 g/mol. The number of aryl methyl sites for hydroxylation is 1. The van der Waals surface area contributed by atoms with Crippen LogP contribution in [-0.2, 0) is 18.9 Å². The Morgan fingerprint density at radius 2 is 1.90 bits per heavy atom. The molecule has 3 aromatic rings. The van der Waals surface area contributed by atoms with Crippen LogP contribution in [0.3, 0.4) is 0 Å². The average Bonchev–Trinajstić information content (AvgIpc) is 3.09. The van der Waals surface area contributed by atoms with Crippen LogP contribution >= 0.6 is 27.7 Å². The standard InChI is InChI=1S/C22H24BrN3O2S/c1-4-12-26-21(14-28-19-11-6-16(3)13-20(19)27-5-2)24-25-22(26)29-15-17-7-9-18(23)10-8-17/h4,6-11,13H,1,5,12,14-15H2,2-3H3. The van der Waals surface area contributed by atoms with Gasteiger partial charge >= 0.3 is 0 Å². The first kappa shape index (κ1) is 21.5. The molecule has 0 N–H and O–H groups in total. The van der Waals surface area contributed by atoms with E-state index in [-0.39, 0.29) is 0 Å². The van der Waals surface area contributed by atoms with Crippen molar-refractivity contribution in [3.8, 4) is 11.5 Å². The van der Waals surface area contributed by atoms with Crippen LogP contribution in [0.15, 0.2) is 64.7 Å². The molecule has 0 radical (unpaired) electrons. The topological polar surface area (TPSA) is 49.2 Å². The van der Waals surface area contributed by atoms with Gasteiger partial charge in [0.15, 0.2) is 22.5 Å². The van der Waals surface area contributed by atoms with E-state index in [1.54, 1.807) is 11.8 Å². The predicted octanol–water partition coefficient (Wildman–Crippen LogP) is 5.81. The first-order chi connectivity index (χ1) is 14.1. The molecule has 0 unspecified atom stereocenters. The molecule has 0 aliphatic rings. The first-order valence-electron chi connectivity index (χ1n) is 9.37. The van der Waals surface area contributed by atoms with Crippen molar-refractivity contribution in [2.75, 3.05) is 6.61 Å². The second-order valence-corrected chi connectivity index (χ2v) is 8.24. The zero-order valence-corrected chi connectivity index (χ0v) is 19.0. The Kier molecular flexibility index (Phi) is 7.77. The van der Waals surface area contributed by atoms with Gasteiger partial charge in [0.1, 0.15) is 6.61 Å². The van der Waals surface area contributed by atoms with E-state index in [0.717, 1.165) is 32.5 Å². The van der Waals surface area contributed by atoms with Gasteiger partial charge in [-0.1, -0.05) is 52.0 Å². The summed E-state index contributed by atoms with van der Waals surface area (Å²) < 4.78 is 14.8. The fraction of sp³-hybridized carbons (Fsp3) is 0.273. The quantitative estimate of drug-likeness (QED) is 0.274. The maximum Gasteiger partial charge on any atom is 0.191 e. The van der Waals surface area contributed by atoms with Gasteiger partial charge in [-0.3, -0.25) is 4.57 Å². The molecule has 0 bridgehead atoms. The molecule has 0 atom stereocenters. The van der Waals surface area contributed by atoms with Crippen molar-refractivity contribution >= 4 is 27.7 Å². The summed E-state index contributed by atoms with van der Waals surface area (Å²) in [5, 5.41) is 9.55. The molecular weight excluding hydrogens is 450 g/mol. The Balaban J connectivity index is 1.71. The van der Waals surface area contributed by atoms with Crippen molar-refractivity contribution in [1.82, 2.24) is 14.8 Å². The Morgan fingerprint density at radius 3 is 2.62 bits per heavy atom. The van der Waals surface area contributed by atoms with Crippen molar-refractivity contribution in [2.45, 2.75) is 37.9 Å². The van der Waals surface area contributed by atoms with Crippen LogP contribution in [0.2, 0.25) is 0 Å². The van der Waals surface area contributed by atoms with E-state index < -0.39 is 0 Å². The third-order valence-electron chi connectivity index (χ3n) is 4.14. The van der Waals surface area contributed by atoms with Crippen LogP contribution in [0.25, 0.3) is 0 Å². The minimum atomic E-state index is 0.308. The van der Waals surface area contributed by atoms with E-state index in [4.69, 9.17) is 9.47 Å². The fourth-order valence-corrected chi connectivity index (χ4v) is 3.91. The highest BCUT2D eigenvalue weighted by atomic mass is 79.9. The molecule has 5 nitrogen and oxygen atoms in total. The van der Waals surface area contributed by atoms with Crippen LogP contribution in [-0.4, -0.2) is 21.4 Å². The van der Waals surface area contributed by atoms with Crippen molar-refractivity contribution in [1.29, 1.82) is 0 Å². The molecule has 0 fully saturated rings. The first-order valence-corrected chi connectivity index (χ1v) is 11.1. The Bertz CT molecular complexity index is 957. The van der Waals surface area contributed by atoms with Crippen molar-refractivity contribution in [3.63, 3.8) is 0 Å². The highest BCUT2D eigenvalue weighted by Crippen LogP contribution is 2.29. The largest absolute Gasteiger partial charge is 0.490 e. The van der Waals surface area contributed by atoms with E-state index in [2.05, 4.69) is 44.8 Å². The third-order valence-corrected chi connectivity index (χ3v) is 5.71. The highest BCUT2D eigenvalue weighted by molar-refractivity contribution is 9.10. The van der Waals surface area contributed by atoms with Crippen molar-refractivity contribution in [2.24, 2.45) is 0 Å². The summed E-state index contributed by atoms with van der Waals surface area (Å²) >= 11 is 5.11. The predicted molar refractivity (Wildman–Crippen MR) is 121 cm³/mol. The molecule has 2 aromatic carbocycles. The number of allylic oxidation sites excluding steroid dienone is 1.